The van der Waals surface area contributed by atoms with Crippen LogP contribution in [0.5, 0.6) is 5.75 Å². The van der Waals surface area contributed by atoms with Gasteiger partial charge in [0.15, 0.2) is 6.61 Å². The van der Waals surface area contributed by atoms with Gasteiger partial charge in [-0.2, -0.15) is 0 Å². The average molecular weight is 287 g/mol. The smallest absolute Gasteiger partial charge is 0.257 e. The number of halogens is 1. The van der Waals surface area contributed by atoms with Crippen molar-refractivity contribution < 1.29 is 9.53 Å². The summed E-state index contributed by atoms with van der Waals surface area (Å²) in [6, 6.07) is 8.05. The first-order chi connectivity index (χ1) is 8.67. The zero-order valence-electron chi connectivity index (χ0n) is 11.7. The molecule has 0 saturated carbocycles. The Morgan fingerprint density at radius 1 is 1.37 bits per heavy atom. The largest absolute Gasteiger partial charge is 0.483 e. The molecule has 5 heteroatoms. The van der Waals surface area contributed by atoms with Crippen molar-refractivity contribution in [1.82, 2.24) is 10.6 Å². The summed E-state index contributed by atoms with van der Waals surface area (Å²) in [5, 5.41) is 5.87. The summed E-state index contributed by atoms with van der Waals surface area (Å²) in [6.07, 6.45) is 0.897. The molecule has 0 saturated heterocycles. The highest BCUT2D eigenvalue weighted by Crippen LogP contribution is 2.17. The monoisotopic (exact) mass is 286 g/mol. The molecular weight excluding hydrogens is 264 g/mol. The summed E-state index contributed by atoms with van der Waals surface area (Å²) in [4.78, 5) is 11.6. The predicted molar refractivity (Wildman–Crippen MR) is 80.1 cm³/mol. The summed E-state index contributed by atoms with van der Waals surface area (Å²) < 4.78 is 5.52. The lowest BCUT2D eigenvalue weighted by molar-refractivity contribution is -0.123. The third kappa shape index (κ3) is 6.45. The van der Waals surface area contributed by atoms with Crippen LogP contribution in [0.1, 0.15) is 19.4 Å². The summed E-state index contributed by atoms with van der Waals surface area (Å²) in [5.74, 6) is 0.694. The van der Waals surface area contributed by atoms with Gasteiger partial charge in [-0.15, -0.1) is 12.4 Å². The Morgan fingerprint density at radius 2 is 2.05 bits per heavy atom. The van der Waals surface area contributed by atoms with Crippen LogP contribution in [-0.4, -0.2) is 32.1 Å². The number of amides is 1. The molecule has 1 rings (SSSR count). The lowest BCUT2D eigenvalue weighted by Gasteiger charge is -2.13. The van der Waals surface area contributed by atoms with Gasteiger partial charge in [0, 0.05) is 12.6 Å². The fourth-order valence-corrected chi connectivity index (χ4v) is 1.50. The Morgan fingerprint density at radius 3 is 2.68 bits per heavy atom. The highest BCUT2D eigenvalue weighted by molar-refractivity contribution is 5.85. The second-order valence-electron chi connectivity index (χ2n) is 4.24. The molecule has 0 aliphatic heterocycles. The van der Waals surface area contributed by atoms with Crippen LogP contribution in [0.3, 0.4) is 0 Å². The first kappa shape index (κ1) is 17.7. The topological polar surface area (TPSA) is 50.4 Å². The maximum atomic E-state index is 11.6. The lowest BCUT2D eigenvalue weighted by atomic mass is 10.1. The molecule has 1 aromatic rings. The summed E-state index contributed by atoms with van der Waals surface area (Å²) >= 11 is 0. The van der Waals surface area contributed by atoms with Gasteiger partial charge in [0.1, 0.15) is 5.75 Å². The van der Waals surface area contributed by atoms with E-state index < -0.39 is 0 Å². The number of hydrogen-bond acceptors (Lipinski definition) is 3. The average Bonchev–Trinajstić information content (AvgIpc) is 2.42. The standard InChI is InChI=1S/C14H22N2O2.ClH/c1-4-12-7-5-6-8-13(12)18-10-14(17)16-9-11(2)15-3;/h5-8,11,15H,4,9-10H2,1-3H3,(H,16,17);1H. The van der Waals surface area contributed by atoms with Crippen molar-refractivity contribution >= 4 is 18.3 Å². The number of carbonyl (C=O) groups excluding carboxylic acids is 1. The predicted octanol–water partition coefficient (Wildman–Crippen LogP) is 1.77. The molecule has 0 spiro atoms. The second kappa shape index (κ2) is 9.64. The van der Waals surface area contributed by atoms with E-state index in [-0.39, 0.29) is 31.0 Å². The number of rotatable bonds is 7. The van der Waals surface area contributed by atoms with E-state index in [1.165, 1.54) is 0 Å². The molecule has 0 aromatic heterocycles. The van der Waals surface area contributed by atoms with E-state index in [0.29, 0.717) is 6.54 Å². The van der Waals surface area contributed by atoms with E-state index in [0.717, 1.165) is 17.7 Å². The third-order valence-corrected chi connectivity index (χ3v) is 2.81. The fourth-order valence-electron chi connectivity index (χ4n) is 1.50. The van der Waals surface area contributed by atoms with E-state index in [2.05, 4.69) is 17.6 Å². The van der Waals surface area contributed by atoms with Crippen LogP contribution in [-0.2, 0) is 11.2 Å². The molecular formula is C14H23ClN2O2. The Bertz CT molecular complexity index is 385. The van der Waals surface area contributed by atoms with Gasteiger partial charge in [0.25, 0.3) is 5.91 Å². The fraction of sp³-hybridized carbons (Fsp3) is 0.500. The minimum absolute atomic E-state index is 0. The zero-order valence-corrected chi connectivity index (χ0v) is 12.5. The van der Waals surface area contributed by atoms with Crippen LogP contribution >= 0.6 is 12.4 Å². The summed E-state index contributed by atoms with van der Waals surface area (Å²) in [6.45, 7) is 4.74. The quantitative estimate of drug-likeness (QED) is 0.803. The molecule has 2 N–H and O–H groups in total. The van der Waals surface area contributed by atoms with E-state index >= 15 is 0 Å². The molecule has 1 amide bonds. The Kier molecular flexibility index (Phi) is 9.00. The molecule has 0 aliphatic rings. The molecule has 1 atom stereocenters. The number of carbonyl (C=O) groups is 1. The zero-order chi connectivity index (χ0) is 13.4. The van der Waals surface area contributed by atoms with Gasteiger partial charge in [-0.3, -0.25) is 4.79 Å². The molecule has 1 unspecified atom stereocenters. The molecule has 0 radical (unpaired) electrons. The minimum atomic E-state index is -0.0944. The van der Waals surface area contributed by atoms with Crippen molar-refractivity contribution in [3.8, 4) is 5.75 Å². The normalized spacial score (nSPS) is 11.3. The van der Waals surface area contributed by atoms with Crippen LogP contribution in [0.4, 0.5) is 0 Å². The van der Waals surface area contributed by atoms with Gasteiger partial charge in [-0.25, -0.2) is 0 Å². The van der Waals surface area contributed by atoms with Crippen LogP contribution < -0.4 is 15.4 Å². The summed E-state index contributed by atoms with van der Waals surface area (Å²) in [7, 11) is 1.87. The van der Waals surface area contributed by atoms with E-state index in [4.69, 9.17) is 4.74 Å². The number of aryl methyl sites for hydroxylation is 1. The molecule has 0 fully saturated rings. The molecule has 0 aliphatic carbocycles. The second-order valence-corrected chi connectivity index (χ2v) is 4.24. The maximum absolute atomic E-state index is 11.6. The van der Waals surface area contributed by atoms with Crippen LogP contribution in [0.25, 0.3) is 0 Å². The number of nitrogens with one attached hydrogen (secondary N) is 2. The minimum Gasteiger partial charge on any atom is -0.483 e. The van der Waals surface area contributed by atoms with Crippen molar-refractivity contribution in [1.29, 1.82) is 0 Å². The highest BCUT2D eigenvalue weighted by Gasteiger charge is 2.06. The SMILES string of the molecule is CCc1ccccc1OCC(=O)NCC(C)NC.Cl. The van der Waals surface area contributed by atoms with Crippen molar-refractivity contribution in [2.45, 2.75) is 26.3 Å². The van der Waals surface area contributed by atoms with E-state index in [1.807, 2.05) is 38.2 Å². The molecule has 0 heterocycles. The Hall–Kier alpha value is -1.26. The van der Waals surface area contributed by atoms with Crippen LogP contribution in [0.2, 0.25) is 0 Å². The first-order valence-corrected chi connectivity index (χ1v) is 6.32. The lowest BCUT2D eigenvalue weighted by Crippen LogP contribution is -2.39. The third-order valence-electron chi connectivity index (χ3n) is 2.81. The van der Waals surface area contributed by atoms with E-state index in [9.17, 15) is 4.79 Å². The van der Waals surface area contributed by atoms with Crippen molar-refractivity contribution in [2.24, 2.45) is 0 Å². The van der Waals surface area contributed by atoms with E-state index in [1.54, 1.807) is 0 Å². The van der Waals surface area contributed by atoms with Gasteiger partial charge in [0.2, 0.25) is 0 Å². The van der Waals surface area contributed by atoms with Gasteiger partial charge in [-0.05, 0) is 32.0 Å². The van der Waals surface area contributed by atoms with Gasteiger partial charge < -0.3 is 15.4 Å². The number of benzene rings is 1. The first-order valence-electron chi connectivity index (χ1n) is 6.32. The number of ether oxygens (including phenoxy) is 1. The van der Waals surface area contributed by atoms with Crippen molar-refractivity contribution in [3.05, 3.63) is 29.8 Å². The number of para-hydroxylation sites is 1. The van der Waals surface area contributed by atoms with Crippen LogP contribution in [0, 0.1) is 0 Å². The van der Waals surface area contributed by atoms with Crippen molar-refractivity contribution in [2.75, 3.05) is 20.2 Å². The van der Waals surface area contributed by atoms with Gasteiger partial charge >= 0.3 is 0 Å². The molecule has 1 aromatic carbocycles. The number of hydrogen-bond donors (Lipinski definition) is 2. The molecule has 4 nitrogen and oxygen atoms in total. The molecule has 0 bridgehead atoms. The van der Waals surface area contributed by atoms with Crippen molar-refractivity contribution in [3.63, 3.8) is 0 Å². The van der Waals surface area contributed by atoms with Gasteiger partial charge in [-0.1, -0.05) is 25.1 Å². The number of likely N-dealkylation sites (N-methyl/N-ethyl adjacent to an activating group) is 1. The Labute approximate surface area is 121 Å². The molecule has 19 heavy (non-hydrogen) atoms. The molecule has 108 valence electrons. The highest BCUT2D eigenvalue weighted by atomic mass is 35.5. The summed E-state index contributed by atoms with van der Waals surface area (Å²) in [5.41, 5.74) is 1.12. The van der Waals surface area contributed by atoms with Crippen LogP contribution in [0.15, 0.2) is 24.3 Å². The van der Waals surface area contributed by atoms with Gasteiger partial charge in [0.05, 0.1) is 0 Å². The maximum Gasteiger partial charge on any atom is 0.257 e. The Balaban J connectivity index is 0.00000324.